The van der Waals surface area contributed by atoms with Crippen LogP contribution in [0.5, 0.6) is 0 Å². The van der Waals surface area contributed by atoms with Crippen LogP contribution in [0.1, 0.15) is 65.7 Å². The Kier molecular flexibility index (Phi) is 6.06. The summed E-state index contributed by atoms with van der Waals surface area (Å²) < 4.78 is 5.38. The SMILES string of the molecule is CCNC1(C(=O)OCC)CCCC(N2CCCC2CC)C1. The second kappa shape index (κ2) is 7.59. The van der Waals surface area contributed by atoms with E-state index in [0.29, 0.717) is 12.6 Å². The predicted octanol–water partition coefficient (Wildman–Crippen LogP) is 2.71. The van der Waals surface area contributed by atoms with Crippen LogP contribution in [0.4, 0.5) is 0 Å². The van der Waals surface area contributed by atoms with Crippen LogP contribution in [0.2, 0.25) is 0 Å². The maximum Gasteiger partial charge on any atom is 0.326 e. The lowest BCUT2D eigenvalue weighted by molar-refractivity contribution is -0.154. The number of carbonyl (C=O) groups is 1. The number of hydrogen-bond donors (Lipinski definition) is 1. The topological polar surface area (TPSA) is 41.6 Å². The van der Waals surface area contributed by atoms with Gasteiger partial charge in [-0.05, 0) is 65.0 Å². The van der Waals surface area contributed by atoms with Gasteiger partial charge in [-0.3, -0.25) is 9.69 Å². The molecule has 4 heteroatoms. The minimum atomic E-state index is -0.450. The maximum atomic E-state index is 12.5. The molecule has 1 aliphatic heterocycles. The van der Waals surface area contributed by atoms with Crippen molar-refractivity contribution in [2.75, 3.05) is 19.7 Å². The Labute approximate surface area is 129 Å². The first-order chi connectivity index (χ1) is 10.2. The second-order valence-electron chi connectivity index (χ2n) is 6.53. The van der Waals surface area contributed by atoms with Gasteiger partial charge in [0.2, 0.25) is 0 Å². The molecule has 4 nitrogen and oxygen atoms in total. The Morgan fingerprint density at radius 3 is 2.76 bits per heavy atom. The first-order valence-electron chi connectivity index (χ1n) is 8.84. The van der Waals surface area contributed by atoms with Crippen molar-refractivity contribution in [1.82, 2.24) is 10.2 Å². The zero-order valence-corrected chi connectivity index (χ0v) is 14.0. The van der Waals surface area contributed by atoms with E-state index >= 15 is 0 Å². The summed E-state index contributed by atoms with van der Waals surface area (Å²) in [7, 11) is 0. The number of esters is 1. The molecule has 0 aromatic heterocycles. The molecule has 2 aliphatic rings. The molecule has 0 amide bonds. The average molecular weight is 296 g/mol. The molecule has 0 aromatic carbocycles. The summed E-state index contributed by atoms with van der Waals surface area (Å²) >= 11 is 0. The number of nitrogens with zero attached hydrogens (tertiary/aromatic N) is 1. The van der Waals surface area contributed by atoms with E-state index in [4.69, 9.17) is 4.74 Å². The summed E-state index contributed by atoms with van der Waals surface area (Å²) in [6.07, 6.45) is 8.02. The van der Waals surface area contributed by atoms with Gasteiger partial charge in [0, 0.05) is 12.1 Å². The van der Waals surface area contributed by atoms with Crippen molar-refractivity contribution in [3.63, 3.8) is 0 Å². The second-order valence-corrected chi connectivity index (χ2v) is 6.53. The van der Waals surface area contributed by atoms with Crippen molar-refractivity contribution in [3.8, 4) is 0 Å². The number of likely N-dealkylation sites (N-methyl/N-ethyl adjacent to an activating group) is 1. The van der Waals surface area contributed by atoms with Gasteiger partial charge in [-0.1, -0.05) is 13.8 Å². The van der Waals surface area contributed by atoms with Gasteiger partial charge in [0.25, 0.3) is 0 Å². The summed E-state index contributed by atoms with van der Waals surface area (Å²) in [4.78, 5) is 15.2. The molecule has 2 fully saturated rings. The third-order valence-corrected chi connectivity index (χ3v) is 5.27. The summed E-state index contributed by atoms with van der Waals surface area (Å²) in [5.74, 6) is -0.0382. The molecular formula is C17H32N2O2. The highest BCUT2D eigenvalue weighted by Crippen LogP contribution is 2.36. The van der Waals surface area contributed by atoms with Gasteiger partial charge in [0.15, 0.2) is 0 Å². The van der Waals surface area contributed by atoms with Crippen LogP contribution in [0.3, 0.4) is 0 Å². The Morgan fingerprint density at radius 2 is 2.10 bits per heavy atom. The van der Waals surface area contributed by atoms with Crippen molar-refractivity contribution in [2.24, 2.45) is 0 Å². The van der Waals surface area contributed by atoms with Gasteiger partial charge in [0.05, 0.1) is 6.61 Å². The Morgan fingerprint density at radius 1 is 1.29 bits per heavy atom. The molecule has 1 saturated heterocycles. The van der Waals surface area contributed by atoms with Crippen LogP contribution in [-0.2, 0) is 9.53 Å². The molecule has 1 N–H and O–H groups in total. The van der Waals surface area contributed by atoms with Gasteiger partial charge < -0.3 is 10.1 Å². The van der Waals surface area contributed by atoms with E-state index in [2.05, 4.69) is 24.1 Å². The number of likely N-dealkylation sites (tertiary alicyclic amines) is 1. The fourth-order valence-electron chi connectivity index (χ4n) is 4.33. The molecule has 2 rings (SSSR count). The Balaban J connectivity index is 2.10. The average Bonchev–Trinajstić information content (AvgIpc) is 2.96. The fraction of sp³-hybridized carbons (Fsp3) is 0.941. The minimum absolute atomic E-state index is 0.0382. The van der Waals surface area contributed by atoms with Crippen LogP contribution < -0.4 is 5.32 Å². The number of hydrogen-bond acceptors (Lipinski definition) is 4. The first-order valence-corrected chi connectivity index (χ1v) is 8.84. The third-order valence-electron chi connectivity index (χ3n) is 5.27. The summed E-state index contributed by atoms with van der Waals surface area (Å²) in [5.41, 5.74) is -0.450. The van der Waals surface area contributed by atoms with Crippen LogP contribution in [0.15, 0.2) is 0 Å². The number of nitrogens with one attached hydrogen (secondary N) is 1. The van der Waals surface area contributed by atoms with Crippen molar-refractivity contribution in [2.45, 2.75) is 83.3 Å². The number of ether oxygens (including phenoxy) is 1. The molecule has 3 atom stereocenters. The molecule has 0 radical (unpaired) electrons. The summed E-state index contributed by atoms with van der Waals surface area (Å²) in [6, 6.07) is 1.25. The predicted molar refractivity (Wildman–Crippen MR) is 85.3 cm³/mol. The van der Waals surface area contributed by atoms with Gasteiger partial charge in [-0.25, -0.2) is 0 Å². The molecule has 0 bridgehead atoms. The van der Waals surface area contributed by atoms with E-state index in [-0.39, 0.29) is 5.97 Å². The molecule has 1 aliphatic carbocycles. The summed E-state index contributed by atoms with van der Waals surface area (Å²) in [5, 5.41) is 3.47. The van der Waals surface area contributed by atoms with E-state index in [1.807, 2.05) is 6.92 Å². The molecule has 0 spiro atoms. The lowest BCUT2D eigenvalue weighted by Crippen LogP contribution is -2.59. The van der Waals surface area contributed by atoms with E-state index in [1.54, 1.807) is 0 Å². The summed E-state index contributed by atoms with van der Waals surface area (Å²) in [6.45, 7) is 8.75. The molecule has 3 unspecified atom stereocenters. The first kappa shape index (κ1) is 16.8. The highest BCUT2D eigenvalue weighted by Gasteiger charge is 2.46. The van der Waals surface area contributed by atoms with Gasteiger partial charge in [-0.2, -0.15) is 0 Å². The third kappa shape index (κ3) is 3.59. The van der Waals surface area contributed by atoms with Gasteiger partial charge in [0.1, 0.15) is 5.54 Å². The van der Waals surface area contributed by atoms with Gasteiger partial charge >= 0.3 is 5.97 Å². The monoisotopic (exact) mass is 296 g/mol. The largest absolute Gasteiger partial charge is 0.465 e. The van der Waals surface area contributed by atoms with Crippen LogP contribution in [-0.4, -0.2) is 48.2 Å². The van der Waals surface area contributed by atoms with Crippen molar-refractivity contribution in [3.05, 3.63) is 0 Å². The quantitative estimate of drug-likeness (QED) is 0.765. The molecule has 0 aromatic rings. The van der Waals surface area contributed by atoms with Crippen molar-refractivity contribution in [1.29, 1.82) is 0 Å². The number of rotatable bonds is 6. The smallest absolute Gasteiger partial charge is 0.326 e. The Hall–Kier alpha value is -0.610. The lowest BCUT2D eigenvalue weighted by Gasteiger charge is -2.44. The van der Waals surface area contributed by atoms with E-state index < -0.39 is 5.54 Å². The van der Waals surface area contributed by atoms with Crippen LogP contribution >= 0.6 is 0 Å². The standard InChI is InChI=1S/C17H32N2O2/c1-4-14-10-8-12-19(14)15-9-7-11-17(13-15,18-5-2)16(20)21-6-3/h14-15,18H,4-13H2,1-3H3. The Bertz CT molecular complexity index is 344. The lowest BCUT2D eigenvalue weighted by atomic mass is 9.78. The molecule has 1 heterocycles. The normalized spacial score (nSPS) is 34.0. The van der Waals surface area contributed by atoms with E-state index in [0.717, 1.165) is 31.8 Å². The van der Waals surface area contributed by atoms with Gasteiger partial charge in [-0.15, -0.1) is 0 Å². The minimum Gasteiger partial charge on any atom is -0.465 e. The van der Waals surface area contributed by atoms with Crippen LogP contribution in [0, 0.1) is 0 Å². The van der Waals surface area contributed by atoms with Crippen molar-refractivity contribution < 1.29 is 9.53 Å². The highest BCUT2D eigenvalue weighted by molar-refractivity contribution is 5.81. The molecular weight excluding hydrogens is 264 g/mol. The van der Waals surface area contributed by atoms with Crippen LogP contribution in [0.25, 0.3) is 0 Å². The highest BCUT2D eigenvalue weighted by atomic mass is 16.5. The maximum absolute atomic E-state index is 12.5. The zero-order chi connectivity index (χ0) is 15.3. The molecule has 21 heavy (non-hydrogen) atoms. The van der Waals surface area contributed by atoms with E-state index in [1.165, 1.54) is 32.2 Å². The van der Waals surface area contributed by atoms with E-state index in [9.17, 15) is 4.79 Å². The zero-order valence-electron chi connectivity index (χ0n) is 14.0. The van der Waals surface area contributed by atoms with Crippen molar-refractivity contribution >= 4 is 5.97 Å². The molecule has 122 valence electrons. The fourth-order valence-corrected chi connectivity index (χ4v) is 4.33. The molecule has 1 saturated carbocycles. The number of carbonyl (C=O) groups excluding carboxylic acids is 1.